The molecule has 0 saturated carbocycles. The highest BCUT2D eigenvalue weighted by Crippen LogP contribution is 2.10. The molecule has 21 heavy (non-hydrogen) atoms. The van der Waals surface area contributed by atoms with Crippen molar-refractivity contribution >= 4 is 5.78 Å². The van der Waals surface area contributed by atoms with E-state index < -0.39 is 0 Å². The van der Waals surface area contributed by atoms with Gasteiger partial charge in [-0.15, -0.1) is 13.2 Å². The van der Waals surface area contributed by atoms with Crippen LogP contribution in [0.25, 0.3) is 0 Å². The molecule has 0 aliphatic heterocycles. The number of nitrogens with zero attached hydrogens (tertiary/aromatic N) is 1. The normalized spacial score (nSPS) is 12.6. The molecule has 118 valence electrons. The molecule has 0 heterocycles. The average molecular weight is 289 g/mol. The molecule has 0 aromatic carbocycles. The number of likely N-dealkylation sites (N-methyl/N-ethyl adjacent to an activating group) is 1. The molecule has 2 nitrogen and oxygen atoms in total. The lowest BCUT2D eigenvalue weighted by Gasteiger charge is -2.11. The van der Waals surface area contributed by atoms with E-state index >= 15 is 0 Å². The highest BCUT2D eigenvalue weighted by atomic mass is 16.1. The van der Waals surface area contributed by atoms with Gasteiger partial charge in [0, 0.05) is 19.5 Å². The standard InChI is InChI=1S/C19H31NO/c1-6-8-9-13-19(21)18(4)12-10-11-17(3)14-16-20(5)15-7-2/h6-7,12,14H,1-2,8-11,13,15-16H2,3-5H3. The van der Waals surface area contributed by atoms with Gasteiger partial charge in [-0.3, -0.25) is 9.69 Å². The van der Waals surface area contributed by atoms with Crippen LogP contribution in [-0.4, -0.2) is 30.8 Å². The molecule has 0 radical (unpaired) electrons. The number of ketones is 1. The van der Waals surface area contributed by atoms with Gasteiger partial charge < -0.3 is 0 Å². The Kier molecular flexibility index (Phi) is 11.5. The van der Waals surface area contributed by atoms with E-state index in [-0.39, 0.29) is 5.78 Å². The van der Waals surface area contributed by atoms with Gasteiger partial charge >= 0.3 is 0 Å². The largest absolute Gasteiger partial charge is 0.299 e. The van der Waals surface area contributed by atoms with E-state index in [1.807, 2.05) is 19.1 Å². The van der Waals surface area contributed by atoms with Gasteiger partial charge in [0.1, 0.15) is 0 Å². The van der Waals surface area contributed by atoms with Crippen molar-refractivity contribution in [3.05, 3.63) is 48.6 Å². The summed E-state index contributed by atoms with van der Waals surface area (Å²) in [5.74, 6) is 0.268. The summed E-state index contributed by atoms with van der Waals surface area (Å²) < 4.78 is 0. The van der Waals surface area contributed by atoms with Gasteiger partial charge in [0.05, 0.1) is 0 Å². The van der Waals surface area contributed by atoms with Crippen LogP contribution in [0.1, 0.15) is 46.0 Å². The van der Waals surface area contributed by atoms with Gasteiger partial charge in [0.15, 0.2) is 5.78 Å². The molecule has 0 aromatic heterocycles. The Morgan fingerprint density at radius 2 is 1.71 bits per heavy atom. The Labute approximate surface area is 130 Å². The first-order valence-electron chi connectivity index (χ1n) is 7.77. The molecule has 0 rings (SSSR count). The molecule has 0 saturated heterocycles. The lowest BCUT2D eigenvalue weighted by Crippen LogP contribution is -2.18. The molecule has 0 aliphatic carbocycles. The van der Waals surface area contributed by atoms with Gasteiger partial charge in [0.2, 0.25) is 0 Å². The summed E-state index contributed by atoms with van der Waals surface area (Å²) in [6, 6.07) is 0. The zero-order valence-electron chi connectivity index (χ0n) is 14.0. The predicted octanol–water partition coefficient (Wildman–Crippen LogP) is 4.70. The van der Waals surface area contributed by atoms with Gasteiger partial charge in [-0.1, -0.05) is 29.9 Å². The minimum atomic E-state index is 0.268. The monoisotopic (exact) mass is 289 g/mol. The number of hydrogen-bond donors (Lipinski definition) is 0. The molecule has 0 bridgehead atoms. The van der Waals surface area contributed by atoms with Crippen molar-refractivity contribution in [2.24, 2.45) is 0 Å². The van der Waals surface area contributed by atoms with E-state index in [0.717, 1.165) is 44.3 Å². The summed E-state index contributed by atoms with van der Waals surface area (Å²) in [5, 5.41) is 0. The Morgan fingerprint density at radius 1 is 1.00 bits per heavy atom. The van der Waals surface area contributed by atoms with Crippen LogP contribution in [0.2, 0.25) is 0 Å². The third-order valence-electron chi connectivity index (χ3n) is 3.43. The van der Waals surface area contributed by atoms with Crippen molar-refractivity contribution in [3.8, 4) is 0 Å². The van der Waals surface area contributed by atoms with E-state index in [1.165, 1.54) is 5.57 Å². The average Bonchev–Trinajstić information content (AvgIpc) is 2.45. The fourth-order valence-corrected chi connectivity index (χ4v) is 1.94. The van der Waals surface area contributed by atoms with Crippen LogP contribution in [0.5, 0.6) is 0 Å². The van der Waals surface area contributed by atoms with Gasteiger partial charge in [-0.2, -0.15) is 0 Å². The lowest BCUT2D eigenvalue weighted by molar-refractivity contribution is -0.115. The third kappa shape index (κ3) is 11.0. The van der Waals surface area contributed by atoms with Crippen LogP contribution in [0, 0.1) is 0 Å². The number of hydrogen-bond acceptors (Lipinski definition) is 2. The zero-order chi connectivity index (χ0) is 16.1. The minimum absolute atomic E-state index is 0.268. The highest BCUT2D eigenvalue weighted by molar-refractivity contribution is 5.94. The Balaban J connectivity index is 4.05. The van der Waals surface area contributed by atoms with Crippen molar-refractivity contribution in [1.82, 2.24) is 4.90 Å². The van der Waals surface area contributed by atoms with Crippen LogP contribution in [0.4, 0.5) is 0 Å². The molecule has 0 aliphatic rings. The summed E-state index contributed by atoms with van der Waals surface area (Å²) in [7, 11) is 2.08. The molecule has 0 fully saturated rings. The van der Waals surface area contributed by atoms with Gasteiger partial charge in [-0.05, 0) is 52.2 Å². The maximum atomic E-state index is 11.8. The SMILES string of the molecule is C=CCCCC(=O)C(C)=CCCC(C)=CCN(C)CC=C. The first-order chi connectivity index (χ1) is 10.0. The molecule has 0 N–H and O–H groups in total. The molecule has 2 heteroatoms. The van der Waals surface area contributed by atoms with E-state index in [2.05, 4.69) is 44.2 Å². The summed E-state index contributed by atoms with van der Waals surface area (Å²) in [6.45, 7) is 13.3. The third-order valence-corrected chi connectivity index (χ3v) is 3.43. The predicted molar refractivity (Wildman–Crippen MR) is 93.5 cm³/mol. The van der Waals surface area contributed by atoms with Crippen LogP contribution >= 0.6 is 0 Å². The van der Waals surface area contributed by atoms with E-state index in [1.54, 1.807) is 0 Å². The van der Waals surface area contributed by atoms with Crippen LogP contribution in [0.3, 0.4) is 0 Å². The second-order valence-electron chi connectivity index (χ2n) is 5.59. The Morgan fingerprint density at radius 3 is 2.33 bits per heavy atom. The molecule has 0 atom stereocenters. The number of Topliss-reactive ketones (excluding diaryl/α,β-unsaturated/α-hetero) is 1. The van der Waals surface area contributed by atoms with Gasteiger partial charge in [-0.25, -0.2) is 0 Å². The Bertz CT molecular complexity index is 390. The van der Waals surface area contributed by atoms with Crippen molar-refractivity contribution in [1.29, 1.82) is 0 Å². The topological polar surface area (TPSA) is 20.3 Å². The summed E-state index contributed by atoms with van der Waals surface area (Å²) in [6.07, 6.45) is 12.5. The molecular formula is C19H31NO. The number of rotatable bonds is 12. The van der Waals surface area contributed by atoms with Crippen LogP contribution < -0.4 is 0 Å². The maximum absolute atomic E-state index is 11.8. The fourth-order valence-electron chi connectivity index (χ4n) is 1.94. The summed E-state index contributed by atoms with van der Waals surface area (Å²) >= 11 is 0. The van der Waals surface area contributed by atoms with Gasteiger partial charge in [0.25, 0.3) is 0 Å². The first kappa shape index (κ1) is 19.6. The van der Waals surface area contributed by atoms with Crippen molar-refractivity contribution in [2.75, 3.05) is 20.1 Å². The van der Waals surface area contributed by atoms with Crippen molar-refractivity contribution in [2.45, 2.75) is 46.0 Å². The smallest absolute Gasteiger partial charge is 0.158 e. The second kappa shape index (κ2) is 12.3. The Hall–Kier alpha value is -1.41. The van der Waals surface area contributed by atoms with E-state index in [9.17, 15) is 4.79 Å². The van der Waals surface area contributed by atoms with Crippen LogP contribution in [-0.2, 0) is 4.79 Å². The summed E-state index contributed by atoms with van der Waals surface area (Å²) in [4.78, 5) is 14.1. The quantitative estimate of drug-likeness (QED) is 0.295. The maximum Gasteiger partial charge on any atom is 0.158 e. The molecular weight excluding hydrogens is 258 g/mol. The molecule has 0 aromatic rings. The number of carbonyl (C=O) groups excluding carboxylic acids is 1. The number of allylic oxidation sites excluding steroid dienone is 4. The van der Waals surface area contributed by atoms with Crippen LogP contribution in [0.15, 0.2) is 48.6 Å². The zero-order valence-corrected chi connectivity index (χ0v) is 14.0. The fraction of sp³-hybridized carbons (Fsp3) is 0.526. The van der Waals surface area contributed by atoms with Crippen molar-refractivity contribution in [3.63, 3.8) is 0 Å². The minimum Gasteiger partial charge on any atom is -0.299 e. The molecule has 0 spiro atoms. The first-order valence-corrected chi connectivity index (χ1v) is 7.77. The number of unbranched alkanes of at least 4 members (excludes halogenated alkanes) is 1. The lowest BCUT2D eigenvalue weighted by atomic mass is 10.0. The van der Waals surface area contributed by atoms with Crippen molar-refractivity contribution < 1.29 is 4.79 Å². The molecule has 0 amide bonds. The summed E-state index contributed by atoms with van der Waals surface area (Å²) in [5.41, 5.74) is 2.27. The van der Waals surface area contributed by atoms with E-state index in [4.69, 9.17) is 0 Å². The highest BCUT2D eigenvalue weighted by Gasteiger charge is 2.03. The molecule has 0 unspecified atom stereocenters. The number of carbonyl (C=O) groups is 1. The van der Waals surface area contributed by atoms with E-state index in [0.29, 0.717) is 6.42 Å². The second-order valence-corrected chi connectivity index (χ2v) is 5.59.